The summed E-state index contributed by atoms with van der Waals surface area (Å²) in [7, 11) is 0. The van der Waals surface area contributed by atoms with E-state index in [1.165, 1.54) is 5.16 Å². The zero-order chi connectivity index (χ0) is 26.2. The van der Waals surface area contributed by atoms with Gasteiger partial charge in [-0.3, -0.25) is 0 Å². The topological polar surface area (TPSA) is 21.6 Å². The van der Waals surface area contributed by atoms with Gasteiger partial charge in [0.05, 0.1) is 11.8 Å². The lowest BCUT2D eigenvalue weighted by Gasteiger charge is -2.42. The Kier molecular flexibility index (Phi) is 8.34. The van der Waals surface area contributed by atoms with Crippen molar-refractivity contribution in [3.63, 3.8) is 0 Å². The third-order valence-electron chi connectivity index (χ3n) is 3.57. The molecule has 0 aromatic heterocycles. The summed E-state index contributed by atoms with van der Waals surface area (Å²) in [4.78, 5) is 2.84. The number of halogens is 17. The van der Waals surface area contributed by atoms with Crippen molar-refractivity contribution in [1.29, 1.82) is 0 Å². The van der Waals surface area contributed by atoms with Gasteiger partial charge in [-0.2, -0.15) is 74.6 Å². The maximum absolute atomic E-state index is 13.4. The van der Waals surface area contributed by atoms with E-state index in [2.05, 4.69) is 21.9 Å². The van der Waals surface area contributed by atoms with E-state index in [0.29, 0.717) is 0 Å². The first-order chi connectivity index (χ1) is 13.8. The van der Waals surface area contributed by atoms with Gasteiger partial charge < -0.3 is 4.74 Å². The largest absolute Gasteiger partial charge is 0.460 e. The molecule has 0 spiro atoms. The van der Waals surface area contributed by atoms with Crippen molar-refractivity contribution in [3.05, 3.63) is 0 Å². The maximum Gasteiger partial charge on any atom is 0.460 e. The van der Waals surface area contributed by atoms with E-state index in [1.807, 2.05) is 0 Å². The Morgan fingerprint density at radius 1 is 0.562 bits per heavy atom. The molecular weight excluding hydrogens is 529 g/mol. The quantitative estimate of drug-likeness (QED) is 0.131. The number of thiocarbonyl (C=S) groups is 1. The highest BCUT2D eigenvalue weighted by molar-refractivity contribution is 7.78. The fourth-order valence-corrected chi connectivity index (χ4v) is 1.74. The fourth-order valence-electron chi connectivity index (χ4n) is 1.69. The van der Waals surface area contributed by atoms with Crippen LogP contribution in [0, 0.1) is 0 Å². The van der Waals surface area contributed by atoms with Crippen molar-refractivity contribution in [2.75, 3.05) is 13.3 Å². The summed E-state index contributed by atoms with van der Waals surface area (Å²) in [6.07, 6.45) is -10.5. The first-order valence-corrected chi connectivity index (χ1v) is 7.55. The van der Waals surface area contributed by atoms with E-state index >= 15 is 0 Å². The van der Waals surface area contributed by atoms with Crippen LogP contribution in [0.1, 0.15) is 6.42 Å². The minimum absolute atomic E-state index is 1.02. The Morgan fingerprint density at radius 3 is 1.25 bits per heavy atom. The molecule has 0 heterocycles. The molecule has 0 aliphatic rings. The molecule has 2 nitrogen and oxygen atoms in total. The van der Waals surface area contributed by atoms with Crippen LogP contribution in [-0.2, 0) is 4.74 Å². The average Bonchev–Trinajstić information content (AvgIpc) is 2.59. The van der Waals surface area contributed by atoms with Gasteiger partial charge in [0, 0.05) is 6.42 Å². The summed E-state index contributed by atoms with van der Waals surface area (Å²) in [5.41, 5.74) is 0. The zero-order valence-electron chi connectivity index (χ0n) is 14.3. The lowest BCUT2D eigenvalue weighted by molar-refractivity contribution is -0.462. The van der Waals surface area contributed by atoms with Crippen molar-refractivity contribution >= 4 is 17.4 Å². The minimum Gasteiger partial charge on any atom is -0.358 e. The standard InChI is InChI=1S/C12H6F17NOS/c13-5(14,1-2-31-3-30-4-32)6(15,16)7(17,18)8(19,20)9(21,22)10(23,24)11(25,26)12(27,28)29/h1-3H2. The van der Waals surface area contributed by atoms with Crippen molar-refractivity contribution in [1.82, 2.24) is 0 Å². The highest BCUT2D eigenvalue weighted by atomic mass is 32.1. The van der Waals surface area contributed by atoms with Gasteiger partial charge in [-0.25, -0.2) is 4.99 Å². The molecule has 0 aromatic rings. The number of rotatable bonds is 11. The Hall–Kier alpha value is -1.43. The second-order valence-electron chi connectivity index (χ2n) is 5.69. The molecule has 32 heavy (non-hydrogen) atoms. The molecule has 0 aliphatic heterocycles. The molecular formula is C12H6F17NOS. The molecule has 0 aromatic carbocycles. The van der Waals surface area contributed by atoms with E-state index in [4.69, 9.17) is 0 Å². The number of alkyl halides is 17. The second-order valence-corrected chi connectivity index (χ2v) is 5.87. The summed E-state index contributed by atoms with van der Waals surface area (Å²) >= 11 is 3.93. The first kappa shape index (κ1) is 30.6. The zero-order valence-corrected chi connectivity index (χ0v) is 15.1. The monoisotopic (exact) mass is 535 g/mol. The Balaban J connectivity index is 6.32. The molecule has 0 saturated heterocycles. The van der Waals surface area contributed by atoms with Crippen LogP contribution in [0.25, 0.3) is 0 Å². The van der Waals surface area contributed by atoms with Crippen LogP contribution in [0.3, 0.4) is 0 Å². The van der Waals surface area contributed by atoms with Crippen LogP contribution in [0.4, 0.5) is 74.6 Å². The van der Waals surface area contributed by atoms with Crippen molar-refractivity contribution in [2.45, 2.75) is 54.1 Å². The summed E-state index contributed by atoms with van der Waals surface area (Å²) in [6.45, 7) is -2.75. The molecule has 0 amide bonds. The predicted octanol–water partition coefficient (Wildman–Crippen LogP) is 6.46. The summed E-state index contributed by atoms with van der Waals surface area (Å²) in [5, 5.41) is 1.53. The lowest BCUT2D eigenvalue weighted by atomic mass is 9.88. The minimum atomic E-state index is -8.63. The van der Waals surface area contributed by atoms with Gasteiger partial charge in [-0.05, 0) is 12.2 Å². The van der Waals surface area contributed by atoms with E-state index in [9.17, 15) is 74.6 Å². The van der Waals surface area contributed by atoms with Crippen molar-refractivity contribution in [3.8, 4) is 0 Å². The van der Waals surface area contributed by atoms with Gasteiger partial charge in [-0.1, -0.05) is 0 Å². The molecule has 0 unspecified atom stereocenters. The molecule has 0 saturated carbocycles. The van der Waals surface area contributed by atoms with Crippen LogP contribution in [0.15, 0.2) is 4.99 Å². The summed E-state index contributed by atoms with van der Waals surface area (Å²) in [5.74, 6) is -56.4. The number of hydrogen-bond donors (Lipinski definition) is 0. The summed E-state index contributed by atoms with van der Waals surface area (Å²) < 4.78 is 224. The van der Waals surface area contributed by atoms with Gasteiger partial charge in [0.15, 0.2) is 0 Å². The Morgan fingerprint density at radius 2 is 0.906 bits per heavy atom. The van der Waals surface area contributed by atoms with Gasteiger partial charge >= 0.3 is 47.6 Å². The van der Waals surface area contributed by atoms with E-state index < -0.39 is 67.4 Å². The Labute approximate surface area is 170 Å². The highest BCUT2D eigenvalue weighted by Crippen LogP contribution is 2.64. The molecule has 0 N–H and O–H groups in total. The normalized spacial score (nSPS) is 15.5. The second kappa shape index (κ2) is 8.73. The predicted molar refractivity (Wildman–Crippen MR) is 71.1 cm³/mol. The van der Waals surface area contributed by atoms with Crippen LogP contribution >= 0.6 is 12.2 Å². The molecule has 20 heteroatoms. The fraction of sp³-hybridized carbons (Fsp3) is 0.917. The van der Waals surface area contributed by atoms with Crippen LogP contribution in [0.5, 0.6) is 0 Å². The molecule has 0 aliphatic carbocycles. The lowest BCUT2D eigenvalue weighted by Crippen LogP contribution is -2.74. The van der Waals surface area contributed by atoms with Gasteiger partial charge in [-0.15, -0.1) is 0 Å². The van der Waals surface area contributed by atoms with E-state index in [0.717, 1.165) is 0 Å². The molecule has 190 valence electrons. The van der Waals surface area contributed by atoms with Crippen LogP contribution < -0.4 is 0 Å². The van der Waals surface area contributed by atoms with Gasteiger partial charge in [0.2, 0.25) is 0 Å². The maximum atomic E-state index is 13.4. The molecule has 0 atom stereocenters. The molecule has 0 fully saturated rings. The molecule has 0 bridgehead atoms. The van der Waals surface area contributed by atoms with E-state index in [-0.39, 0.29) is 0 Å². The average molecular weight is 535 g/mol. The van der Waals surface area contributed by atoms with E-state index in [1.54, 1.807) is 0 Å². The number of nitrogens with zero attached hydrogens (tertiary/aromatic N) is 1. The van der Waals surface area contributed by atoms with Gasteiger partial charge in [0.1, 0.15) is 6.73 Å². The number of hydrogen-bond acceptors (Lipinski definition) is 3. The Bertz CT molecular complexity index is 709. The molecule has 0 rings (SSSR count). The summed E-state index contributed by atoms with van der Waals surface area (Å²) in [6, 6.07) is 0. The SMILES string of the molecule is FC(F)(F)C(F)(F)C(F)(F)C(F)(F)C(F)(F)C(F)(F)C(F)(F)C(F)(F)CCOCN=C=S. The van der Waals surface area contributed by atoms with Crippen LogP contribution in [0.2, 0.25) is 0 Å². The smallest absolute Gasteiger partial charge is 0.358 e. The van der Waals surface area contributed by atoms with Crippen LogP contribution in [-0.4, -0.2) is 66.1 Å². The van der Waals surface area contributed by atoms with Gasteiger partial charge in [0.25, 0.3) is 0 Å². The number of ether oxygens (including phenoxy) is 1. The number of isothiocyanates is 1. The van der Waals surface area contributed by atoms with Crippen molar-refractivity contribution < 1.29 is 79.4 Å². The molecule has 0 radical (unpaired) electrons. The third-order valence-corrected chi connectivity index (χ3v) is 3.70. The number of aliphatic imine (C=N–C) groups is 1. The first-order valence-electron chi connectivity index (χ1n) is 7.14. The van der Waals surface area contributed by atoms with Crippen molar-refractivity contribution in [2.24, 2.45) is 4.99 Å². The highest BCUT2D eigenvalue weighted by Gasteiger charge is 2.95. The third kappa shape index (κ3) is 4.49.